The van der Waals surface area contributed by atoms with Crippen LogP contribution < -0.4 is 0 Å². The Kier molecular flexibility index (Phi) is 4.37. The summed E-state index contributed by atoms with van der Waals surface area (Å²) in [5.74, 6) is -1.24. The average Bonchev–Trinajstić information content (AvgIpc) is 2.83. The van der Waals surface area contributed by atoms with Gasteiger partial charge in [0.25, 0.3) is 0 Å². The predicted molar refractivity (Wildman–Crippen MR) is 82.2 cm³/mol. The van der Waals surface area contributed by atoms with Gasteiger partial charge in [0.05, 0.1) is 0 Å². The molecule has 1 aliphatic rings. The number of hydrogen-bond acceptors (Lipinski definition) is 2. The van der Waals surface area contributed by atoms with Crippen molar-refractivity contribution in [2.45, 2.75) is 32.2 Å². The van der Waals surface area contributed by atoms with E-state index in [9.17, 15) is 14.7 Å². The number of hydrogen-bond donors (Lipinski definition) is 1. The number of benzene rings is 1. The van der Waals surface area contributed by atoms with Crippen molar-refractivity contribution in [3.8, 4) is 0 Å². The number of halogens is 1. The standard InChI is InChI=1S/C16H18ClNO3/c1-11-4-5-12(10-13(11)17)6-7-14(19)18-9-3-8-16(18,2)15(20)21/h4-7,10H,3,8-9H2,1-2H3,(H,20,21). The molecule has 5 heteroatoms. The Morgan fingerprint density at radius 1 is 1.43 bits per heavy atom. The summed E-state index contributed by atoms with van der Waals surface area (Å²) in [7, 11) is 0. The van der Waals surface area contributed by atoms with Gasteiger partial charge in [-0.05, 0) is 50.0 Å². The molecule has 1 aromatic carbocycles. The van der Waals surface area contributed by atoms with Crippen molar-refractivity contribution in [1.29, 1.82) is 0 Å². The van der Waals surface area contributed by atoms with Crippen molar-refractivity contribution in [2.24, 2.45) is 0 Å². The summed E-state index contributed by atoms with van der Waals surface area (Å²) in [4.78, 5) is 25.0. The fraction of sp³-hybridized carbons (Fsp3) is 0.375. The lowest BCUT2D eigenvalue weighted by Crippen LogP contribution is -2.50. The minimum absolute atomic E-state index is 0.283. The summed E-state index contributed by atoms with van der Waals surface area (Å²) in [6.07, 6.45) is 4.26. The number of carbonyl (C=O) groups is 2. The molecule has 1 aromatic rings. The van der Waals surface area contributed by atoms with Gasteiger partial charge in [-0.1, -0.05) is 23.7 Å². The molecule has 0 bridgehead atoms. The van der Waals surface area contributed by atoms with E-state index < -0.39 is 11.5 Å². The van der Waals surface area contributed by atoms with Crippen molar-refractivity contribution in [3.05, 3.63) is 40.4 Å². The summed E-state index contributed by atoms with van der Waals surface area (Å²) >= 11 is 6.04. The van der Waals surface area contributed by atoms with Crippen LogP contribution in [-0.4, -0.2) is 34.0 Å². The van der Waals surface area contributed by atoms with Gasteiger partial charge in [-0.3, -0.25) is 4.79 Å². The molecule has 2 rings (SSSR count). The molecule has 0 radical (unpaired) electrons. The fourth-order valence-electron chi connectivity index (χ4n) is 2.51. The van der Waals surface area contributed by atoms with Gasteiger partial charge in [-0.2, -0.15) is 0 Å². The van der Waals surface area contributed by atoms with Crippen molar-refractivity contribution in [2.75, 3.05) is 6.54 Å². The van der Waals surface area contributed by atoms with E-state index in [2.05, 4.69) is 0 Å². The highest BCUT2D eigenvalue weighted by Crippen LogP contribution is 2.29. The van der Waals surface area contributed by atoms with Gasteiger partial charge in [0.2, 0.25) is 5.91 Å². The number of aliphatic carboxylic acids is 1. The normalized spacial score (nSPS) is 22.0. The van der Waals surface area contributed by atoms with E-state index in [0.717, 1.165) is 11.1 Å². The molecule has 112 valence electrons. The zero-order valence-electron chi connectivity index (χ0n) is 12.1. The van der Waals surface area contributed by atoms with Crippen LogP contribution in [-0.2, 0) is 9.59 Å². The number of rotatable bonds is 3. The van der Waals surface area contributed by atoms with Crippen LogP contribution in [0.25, 0.3) is 6.08 Å². The van der Waals surface area contributed by atoms with Crippen LogP contribution in [0.2, 0.25) is 5.02 Å². The first-order chi connectivity index (χ1) is 9.84. The predicted octanol–water partition coefficient (Wildman–Crippen LogP) is 3.13. The van der Waals surface area contributed by atoms with Crippen LogP contribution in [0.3, 0.4) is 0 Å². The SMILES string of the molecule is Cc1ccc(C=CC(=O)N2CCCC2(C)C(=O)O)cc1Cl. The third kappa shape index (κ3) is 3.10. The number of aryl methyl sites for hydroxylation is 1. The van der Waals surface area contributed by atoms with Crippen molar-refractivity contribution >= 4 is 29.6 Å². The number of carbonyl (C=O) groups excluding carboxylic acids is 1. The summed E-state index contributed by atoms with van der Waals surface area (Å²) in [5, 5.41) is 9.95. The minimum atomic E-state index is -1.10. The molecule has 1 N–H and O–H groups in total. The quantitative estimate of drug-likeness (QED) is 0.873. The molecular formula is C16H18ClNO3. The summed E-state index contributed by atoms with van der Waals surface area (Å²) in [6.45, 7) is 3.97. The molecule has 1 saturated heterocycles. The molecule has 0 saturated carbocycles. The largest absolute Gasteiger partial charge is 0.480 e. The molecule has 1 heterocycles. The number of carboxylic acids is 1. The van der Waals surface area contributed by atoms with Crippen LogP contribution >= 0.6 is 11.6 Å². The Balaban J connectivity index is 2.15. The first-order valence-corrected chi connectivity index (χ1v) is 7.21. The Bertz CT molecular complexity index is 612. The number of likely N-dealkylation sites (tertiary alicyclic amines) is 1. The maximum Gasteiger partial charge on any atom is 0.329 e. The highest BCUT2D eigenvalue weighted by Gasteiger charge is 2.45. The lowest BCUT2D eigenvalue weighted by molar-refractivity contribution is -0.153. The first-order valence-electron chi connectivity index (χ1n) is 6.84. The second kappa shape index (κ2) is 5.90. The summed E-state index contributed by atoms with van der Waals surface area (Å²) in [5.41, 5.74) is 0.681. The Morgan fingerprint density at radius 2 is 2.14 bits per heavy atom. The molecule has 1 atom stereocenters. The van der Waals surface area contributed by atoms with Gasteiger partial charge in [0, 0.05) is 17.6 Å². The van der Waals surface area contributed by atoms with E-state index in [0.29, 0.717) is 24.4 Å². The third-order valence-electron chi connectivity index (χ3n) is 3.98. The highest BCUT2D eigenvalue weighted by atomic mass is 35.5. The van der Waals surface area contributed by atoms with E-state index in [1.165, 1.54) is 11.0 Å². The van der Waals surface area contributed by atoms with E-state index in [1.807, 2.05) is 19.1 Å². The van der Waals surface area contributed by atoms with E-state index in [1.54, 1.807) is 19.1 Å². The molecule has 0 aliphatic carbocycles. The Morgan fingerprint density at radius 3 is 2.76 bits per heavy atom. The second-order valence-corrected chi connectivity index (χ2v) is 5.92. The lowest BCUT2D eigenvalue weighted by Gasteiger charge is -2.30. The molecule has 1 fully saturated rings. The molecule has 1 aliphatic heterocycles. The average molecular weight is 308 g/mol. The van der Waals surface area contributed by atoms with Crippen LogP contribution in [0.15, 0.2) is 24.3 Å². The summed E-state index contributed by atoms with van der Waals surface area (Å²) in [6, 6.07) is 5.52. The molecule has 0 spiro atoms. The van der Waals surface area contributed by atoms with Gasteiger partial charge in [0.15, 0.2) is 0 Å². The third-order valence-corrected chi connectivity index (χ3v) is 4.39. The minimum Gasteiger partial charge on any atom is -0.480 e. The fourth-order valence-corrected chi connectivity index (χ4v) is 2.70. The molecular weight excluding hydrogens is 290 g/mol. The number of nitrogens with zero attached hydrogens (tertiary/aromatic N) is 1. The smallest absolute Gasteiger partial charge is 0.329 e. The molecule has 21 heavy (non-hydrogen) atoms. The topological polar surface area (TPSA) is 57.6 Å². The van der Waals surface area contributed by atoms with Gasteiger partial charge >= 0.3 is 5.97 Å². The Hall–Kier alpha value is -1.81. The van der Waals surface area contributed by atoms with Crippen LogP contribution in [0.5, 0.6) is 0 Å². The van der Waals surface area contributed by atoms with Crippen LogP contribution in [0, 0.1) is 6.92 Å². The van der Waals surface area contributed by atoms with E-state index >= 15 is 0 Å². The highest BCUT2D eigenvalue weighted by molar-refractivity contribution is 6.31. The van der Waals surface area contributed by atoms with Crippen molar-refractivity contribution in [3.63, 3.8) is 0 Å². The Labute approximate surface area is 129 Å². The zero-order chi connectivity index (χ0) is 15.6. The lowest BCUT2D eigenvalue weighted by atomic mass is 9.99. The van der Waals surface area contributed by atoms with Crippen molar-refractivity contribution in [1.82, 2.24) is 4.90 Å². The monoisotopic (exact) mass is 307 g/mol. The van der Waals surface area contributed by atoms with Crippen LogP contribution in [0.1, 0.15) is 30.9 Å². The van der Waals surface area contributed by atoms with E-state index in [4.69, 9.17) is 11.6 Å². The first kappa shape index (κ1) is 15.6. The number of carboxylic acid groups (broad SMARTS) is 1. The van der Waals surface area contributed by atoms with Gasteiger partial charge in [-0.25, -0.2) is 4.79 Å². The maximum atomic E-state index is 12.2. The molecule has 0 aromatic heterocycles. The van der Waals surface area contributed by atoms with Gasteiger partial charge in [-0.15, -0.1) is 0 Å². The maximum absolute atomic E-state index is 12.2. The number of amides is 1. The van der Waals surface area contributed by atoms with Gasteiger partial charge < -0.3 is 10.0 Å². The second-order valence-electron chi connectivity index (χ2n) is 5.51. The zero-order valence-corrected chi connectivity index (χ0v) is 12.9. The van der Waals surface area contributed by atoms with E-state index in [-0.39, 0.29) is 5.91 Å². The molecule has 1 unspecified atom stereocenters. The van der Waals surface area contributed by atoms with Crippen LogP contribution in [0.4, 0.5) is 0 Å². The summed E-state index contributed by atoms with van der Waals surface area (Å²) < 4.78 is 0. The van der Waals surface area contributed by atoms with Crippen molar-refractivity contribution < 1.29 is 14.7 Å². The molecule has 1 amide bonds. The molecule has 4 nitrogen and oxygen atoms in total. The van der Waals surface area contributed by atoms with Gasteiger partial charge in [0.1, 0.15) is 5.54 Å².